The molecule has 1 aliphatic carbocycles. The second-order valence-electron chi connectivity index (χ2n) is 6.88. The fraction of sp³-hybridized carbons (Fsp3) is 0.812. The molecule has 1 N–H and O–H groups in total. The Hall–Kier alpha value is -0.870. The van der Waals surface area contributed by atoms with Crippen LogP contribution in [-0.2, 0) is 23.7 Å². The topological polar surface area (TPSA) is 39.1 Å². The third-order valence-electron chi connectivity index (χ3n) is 3.87. The number of hydrogen-bond donors (Lipinski definition) is 1. The Labute approximate surface area is 122 Å². The summed E-state index contributed by atoms with van der Waals surface area (Å²) in [5, 5.41) is 8.06. The summed E-state index contributed by atoms with van der Waals surface area (Å²) in [6.45, 7) is 9.23. The van der Waals surface area contributed by atoms with Gasteiger partial charge in [0.25, 0.3) is 0 Å². The molecule has 1 aromatic heterocycles. The monoisotopic (exact) mass is 279 g/mol. The molecule has 114 valence electrons. The molecular weight excluding hydrogens is 250 g/mol. The molecule has 0 radical (unpaired) electrons. The quantitative estimate of drug-likeness (QED) is 0.814. The van der Waals surface area contributed by atoms with Gasteiger partial charge in [0.15, 0.2) is 0 Å². The van der Waals surface area contributed by atoms with Crippen molar-refractivity contribution in [2.75, 3.05) is 13.2 Å². The van der Waals surface area contributed by atoms with Crippen LogP contribution in [0.15, 0.2) is 6.20 Å². The Bertz CT molecular complexity index is 414. The maximum absolute atomic E-state index is 5.86. The van der Waals surface area contributed by atoms with E-state index in [1.807, 2.05) is 11.7 Å². The Morgan fingerprint density at radius 3 is 2.70 bits per heavy atom. The highest BCUT2D eigenvalue weighted by molar-refractivity contribution is 5.23. The van der Waals surface area contributed by atoms with Crippen molar-refractivity contribution in [3.8, 4) is 0 Å². The van der Waals surface area contributed by atoms with Gasteiger partial charge in [-0.05, 0) is 12.8 Å². The summed E-state index contributed by atoms with van der Waals surface area (Å²) in [4.78, 5) is 0. The van der Waals surface area contributed by atoms with Crippen molar-refractivity contribution >= 4 is 0 Å². The molecule has 0 bridgehead atoms. The largest absolute Gasteiger partial charge is 0.377 e. The molecule has 2 rings (SSSR count). The maximum atomic E-state index is 5.86. The molecule has 4 heteroatoms. The minimum absolute atomic E-state index is 0.0959. The molecule has 0 spiro atoms. The average Bonchev–Trinajstić information content (AvgIpc) is 2.97. The average molecular weight is 279 g/mol. The van der Waals surface area contributed by atoms with Gasteiger partial charge in [-0.15, -0.1) is 0 Å². The highest BCUT2D eigenvalue weighted by Crippen LogP contribution is 2.24. The summed E-state index contributed by atoms with van der Waals surface area (Å²) in [6.07, 6.45) is 7.80. The second kappa shape index (κ2) is 6.72. The van der Waals surface area contributed by atoms with E-state index in [9.17, 15) is 0 Å². The normalized spacial score (nSPS) is 17.0. The molecule has 1 aliphatic rings. The SMILES string of the molecule is Cn1cc(CNCCOC2CCCC2)c(C(C)(C)C)n1. The van der Waals surface area contributed by atoms with Gasteiger partial charge in [0, 0.05) is 37.3 Å². The third kappa shape index (κ3) is 4.32. The fourth-order valence-electron chi connectivity index (χ4n) is 2.87. The van der Waals surface area contributed by atoms with Crippen LogP contribution >= 0.6 is 0 Å². The summed E-state index contributed by atoms with van der Waals surface area (Å²) < 4.78 is 7.77. The molecule has 0 saturated heterocycles. The first-order chi connectivity index (χ1) is 9.47. The highest BCUT2D eigenvalue weighted by atomic mass is 16.5. The van der Waals surface area contributed by atoms with Crippen LogP contribution in [0.2, 0.25) is 0 Å². The van der Waals surface area contributed by atoms with E-state index in [-0.39, 0.29) is 5.41 Å². The first-order valence-electron chi connectivity index (χ1n) is 7.82. The molecular formula is C16H29N3O. The van der Waals surface area contributed by atoms with E-state index in [1.54, 1.807) is 0 Å². The molecule has 0 amide bonds. The zero-order valence-electron chi connectivity index (χ0n) is 13.4. The van der Waals surface area contributed by atoms with Crippen LogP contribution in [0.25, 0.3) is 0 Å². The van der Waals surface area contributed by atoms with Crippen molar-refractivity contribution in [1.82, 2.24) is 15.1 Å². The van der Waals surface area contributed by atoms with Crippen molar-refractivity contribution in [3.05, 3.63) is 17.5 Å². The van der Waals surface area contributed by atoms with Gasteiger partial charge in [0.05, 0.1) is 18.4 Å². The summed E-state index contributed by atoms with van der Waals surface area (Å²) in [7, 11) is 1.99. The van der Waals surface area contributed by atoms with Crippen LogP contribution < -0.4 is 5.32 Å². The highest BCUT2D eigenvalue weighted by Gasteiger charge is 2.21. The van der Waals surface area contributed by atoms with E-state index in [0.717, 1.165) is 19.7 Å². The second-order valence-corrected chi connectivity index (χ2v) is 6.88. The fourth-order valence-corrected chi connectivity index (χ4v) is 2.87. The van der Waals surface area contributed by atoms with Gasteiger partial charge >= 0.3 is 0 Å². The molecule has 20 heavy (non-hydrogen) atoms. The van der Waals surface area contributed by atoms with Gasteiger partial charge in [-0.3, -0.25) is 4.68 Å². The van der Waals surface area contributed by atoms with Gasteiger partial charge < -0.3 is 10.1 Å². The summed E-state index contributed by atoms with van der Waals surface area (Å²) in [5.74, 6) is 0. The van der Waals surface area contributed by atoms with Crippen LogP contribution in [0.1, 0.15) is 57.7 Å². The number of nitrogens with one attached hydrogen (secondary N) is 1. The number of aromatic nitrogens is 2. The van der Waals surface area contributed by atoms with Crippen molar-refractivity contribution in [2.45, 2.75) is 64.5 Å². The summed E-state index contributed by atoms with van der Waals surface area (Å²) >= 11 is 0. The van der Waals surface area contributed by atoms with Crippen LogP contribution in [0.3, 0.4) is 0 Å². The van der Waals surface area contributed by atoms with Crippen LogP contribution in [0.5, 0.6) is 0 Å². The number of nitrogens with zero attached hydrogens (tertiary/aromatic N) is 2. The van der Waals surface area contributed by atoms with Crippen LogP contribution in [0, 0.1) is 0 Å². The van der Waals surface area contributed by atoms with E-state index in [2.05, 4.69) is 37.4 Å². The van der Waals surface area contributed by atoms with Crippen molar-refractivity contribution < 1.29 is 4.74 Å². The molecule has 1 heterocycles. The van der Waals surface area contributed by atoms with Crippen LogP contribution in [-0.4, -0.2) is 29.0 Å². The third-order valence-corrected chi connectivity index (χ3v) is 3.87. The van der Waals surface area contributed by atoms with Gasteiger partial charge in [-0.1, -0.05) is 33.6 Å². The predicted octanol–water partition coefficient (Wildman–Crippen LogP) is 2.77. The number of hydrogen-bond acceptors (Lipinski definition) is 3. The molecule has 0 atom stereocenters. The van der Waals surface area contributed by atoms with Gasteiger partial charge in [-0.2, -0.15) is 5.10 Å². The molecule has 1 fully saturated rings. The summed E-state index contributed by atoms with van der Waals surface area (Å²) in [6, 6.07) is 0. The minimum Gasteiger partial charge on any atom is -0.377 e. The van der Waals surface area contributed by atoms with Gasteiger partial charge in [0.2, 0.25) is 0 Å². The Morgan fingerprint density at radius 2 is 2.05 bits per heavy atom. The van der Waals surface area contributed by atoms with E-state index >= 15 is 0 Å². The van der Waals surface area contributed by atoms with Crippen molar-refractivity contribution in [3.63, 3.8) is 0 Å². The van der Waals surface area contributed by atoms with Crippen LogP contribution in [0.4, 0.5) is 0 Å². The van der Waals surface area contributed by atoms with E-state index in [4.69, 9.17) is 4.74 Å². The Morgan fingerprint density at radius 1 is 1.35 bits per heavy atom. The molecule has 4 nitrogen and oxygen atoms in total. The molecule has 0 aromatic carbocycles. The lowest BCUT2D eigenvalue weighted by Crippen LogP contribution is -2.23. The lowest BCUT2D eigenvalue weighted by molar-refractivity contribution is 0.0602. The summed E-state index contributed by atoms with van der Waals surface area (Å²) in [5.41, 5.74) is 2.57. The standard InChI is InChI=1S/C16H29N3O/c1-16(2,3)15-13(12-19(4)18-15)11-17-9-10-20-14-7-5-6-8-14/h12,14,17H,5-11H2,1-4H3. The Balaban J connectivity index is 1.73. The molecule has 1 saturated carbocycles. The lowest BCUT2D eigenvalue weighted by atomic mass is 9.89. The maximum Gasteiger partial charge on any atom is 0.0722 e. The Kier molecular flexibility index (Phi) is 5.22. The lowest BCUT2D eigenvalue weighted by Gasteiger charge is -2.18. The number of aryl methyl sites for hydroxylation is 1. The first-order valence-corrected chi connectivity index (χ1v) is 7.82. The van der Waals surface area contributed by atoms with Crippen molar-refractivity contribution in [2.24, 2.45) is 7.05 Å². The molecule has 1 aromatic rings. The smallest absolute Gasteiger partial charge is 0.0722 e. The predicted molar refractivity (Wildman–Crippen MR) is 81.8 cm³/mol. The zero-order valence-corrected chi connectivity index (χ0v) is 13.4. The van der Waals surface area contributed by atoms with E-state index in [1.165, 1.54) is 36.9 Å². The number of rotatable bonds is 6. The molecule has 0 aliphatic heterocycles. The molecule has 0 unspecified atom stereocenters. The minimum atomic E-state index is 0.0959. The van der Waals surface area contributed by atoms with E-state index in [0.29, 0.717) is 6.10 Å². The first kappa shape index (κ1) is 15.5. The zero-order chi connectivity index (χ0) is 14.6. The van der Waals surface area contributed by atoms with Crippen molar-refractivity contribution in [1.29, 1.82) is 0 Å². The van der Waals surface area contributed by atoms with Gasteiger partial charge in [-0.25, -0.2) is 0 Å². The van der Waals surface area contributed by atoms with E-state index < -0.39 is 0 Å². The van der Waals surface area contributed by atoms with Gasteiger partial charge in [0.1, 0.15) is 0 Å². The number of ether oxygens (including phenoxy) is 1.